The lowest BCUT2D eigenvalue weighted by Crippen LogP contribution is -2.43. The topological polar surface area (TPSA) is 46.1 Å². The number of carbonyl (C=O) groups excluding carboxylic acids is 1. The van der Waals surface area contributed by atoms with Crippen molar-refractivity contribution in [2.45, 2.75) is 5.41 Å². The molecule has 1 aliphatic carbocycles. The van der Waals surface area contributed by atoms with E-state index < -0.39 is 5.41 Å². The summed E-state index contributed by atoms with van der Waals surface area (Å²) in [6.07, 6.45) is 3.61. The van der Waals surface area contributed by atoms with Crippen molar-refractivity contribution in [3.63, 3.8) is 0 Å². The number of rotatable bonds is 1. The number of fused-ring (bicyclic) bond motifs is 8. The molecule has 34 heavy (non-hydrogen) atoms. The number of hydrogen-bond donors (Lipinski definition) is 0. The van der Waals surface area contributed by atoms with Gasteiger partial charge in [-0.1, -0.05) is 60.7 Å². The van der Waals surface area contributed by atoms with E-state index in [9.17, 15) is 4.79 Å². The van der Waals surface area contributed by atoms with Crippen LogP contribution in [-0.4, -0.2) is 15.8 Å². The molecule has 160 valence electrons. The highest BCUT2D eigenvalue weighted by atomic mass is 16.1. The van der Waals surface area contributed by atoms with Gasteiger partial charge >= 0.3 is 0 Å². The van der Waals surface area contributed by atoms with E-state index >= 15 is 0 Å². The summed E-state index contributed by atoms with van der Waals surface area (Å²) in [5.41, 5.74) is 7.19. The second-order valence-corrected chi connectivity index (χ2v) is 8.58. The molecule has 2 aromatic heterocycles. The van der Waals surface area contributed by atoms with Crippen LogP contribution in [0.25, 0.3) is 0 Å². The Bertz CT molecular complexity index is 1490. The molecule has 5 aromatic rings. The molecule has 0 radical (unpaired) electrons. The molecule has 0 bridgehead atoms. The monoisotopic (exact) mass is 437 g/mol. The van der Waals surface area contributed by atoms with Gasteiger partial charge in [0.2, 0.25) is 0 Å². The van der Waals surface area contributed by atoms with Crippen LogP contribution in [0.3, 0.4) is 0 Å². The number of benzene rings is 3. The molecule has 1 atom stereocenters. The molecule has 3 aromatic carbocycles. The third kappa shape index (κ3) is 2.29. The zero-order valence-corrected chi connectivity index (χ0v) is 18.2. The fraction of sp³-hybridized carbons (Fsp3) is 0.0333. The molecular weight excluding hydrogens is 418 g/mol. The molecule has 0 amide bonds. The number of anilines is 3. The molecule has 1 spiro atoms. The van der Waals surface area contributed by atoms with Crippen molar-refractivity contribution in [3.05, 3.63) is 149 Å². The second-order valence-electron chi connectivity index (χ2n) is 8.58. The summed E-state index contributed by atoms with van der Waals surface area (Å²) in [6, 6.07) is 34.4. The maximum absolute atomic E-state index is 13.6. The number of pyridine rings is 2. The van der Waals surface area contributed by atoms with Crippen molar-refractivity contribution in [2.24, 2.45) is 0 Å². The van der Waals surface area contributed by atoms with Gasteiger partial charge in [0.1, 0.15) is 5.41 Å². The molecule has 2 aliphatic rings. The third-order valence-electron chi connectivity index (χ3n) is 6.93. The summed E-state index contributed by atoms with van der Waals surface area (Å²) in [5.74, 6) is 0.00442. The lowest BCUT2D eigenvalue weighted by molar-refractivity contribution is 0.103. The van der Waals surface area contributed by atoms with Crippen LogP contribution in [0.2, 0.25) is 0 Å². The smallest absolute Gasteiger partial charge is 0.195 e. The van der Waals surface area contributed by atoms with Crippen LogP contribution < -0.4 is 4.90 Å². The average Bonchev–Trinajstić information content (AvgIpc) is 2.91. The van der Waals surface area contributed by atoms with Gasteiger partial charge in [0.25, 0.3) is 0 Å². The van der Waals surface area contributed by atoms with Crippen molar-refractivity contribution in [3.8, 4) is 0 Å². The number of ketones is 1. The van der Waals surface area contributed by atoms with Gasteiger partial charge in [-0.15, -0.1) is 0 Å². The molecule has 4 heteroatoms. The molecule has 7 rings (SSSR count). The SMILES string of the molecule is O=C1c2ccccc2C2(c3ccccc3N(c3ccccc3)c3cccnc32)c2ncccc21. The van der Waals surface area contributed by atoms with Gasteiger partial charge in [0, 0.05) is 29.2 Å². The Balaban J connectivity index is 1.69. The predicted octanol–water partition coefficient (Wildman–Crippen LogP) is 6.19. The largest absolute Gasteiger partial charge is 0.308 e. The Morgan fingerprint density at radius 1 is 0.559 bits per heavy atom. The molecule has 1 aliphatic heterocycles. The lowest BCUT2D eigenvalue weighted by atomic mass is 9.61. The van der Waals surface area contributed by atoms with Crippen molar-refractivity contribution >= 4 is 22.8 Å². The number of hydrogen-bond acceptors (Lipinski definition) is 4. The van der Waals surface area contributed by atoms with Crippen molar-refractivity contribution in [2.75, 3.05) is 4.90 Å². The van der Waals surface area contributed by atoms with E-state index in [4.69, 9.17) is 9.97 Å². The Morgan fingerprint density at radius 3 is 2.03 bits per heavy atom. The summed E-state index contributed by atoms with van der Waals surface area (Å²) < 4.78 is 0. The van der Waals surface area contributed by atoms with E-state index in [-0.39, 0.29) is 5.78 Å². The van der Waals surface area contributed by atoms with Gasteiger partial charge in [-0.3, -0.25) is 14.8 Å². The molecule has 0 saturated heterocycles. The van der Waals surface area contributed by atoms with Gasteiger partial charge in [0.05, 0.1) is 22.8 Å². The summed E-state index contributed by atoms with van der Waals surface area (Å²) in [5, 5.41) is 0. The van der Waals surface area contributed by atoms with Crippen LogP contribution in [0.5, 0.6) is 0 Å². The van der Waals surface area contributed by atoms with Crippen LogP contribution in [0.4, 0.5) is 17.1 Å². The van der Waals surface area contributed by atoms with E-state index in [0.717, 1.165) is 39.6 Å². The van der Waals surface area contributed by atoms with E-state index in [1.165, 1.54) is 0 Å². The molecule has 3 heterocycles. The van der Waals surface area contributed by atoms with Crippen LogP contribution >= 0.6 is 0 Å². The van der Waals surface area contributed by atoms with Crippen molar-refractivity contribution < 1.29 is 4.79 Å². The second kappa shape index (κ2) is 6.96. The number of para-hydroxylation sites is 2. The quantitative estimate of drug-likeness (QED) is 0.307. The summed E-state index contributed by atoms with van der Waals surface area (Å²) in [4.78, 5) is 25.7. The minimum atomic E-state index is -0.806. The first-order valence-electron chi connectivity index (χ1n) is 11.3. The molecule has 0 saturated carbocycles. The fourth-order valence-electron chi connectivity index (χ4n) is 5.64. The highest BCUT2D eigenvalue weighted by Gasteiger charge is 2.53. The molecular formula is C30H19N3O. The van der Waals surface area contributed by atoms with Crippen molar-refractivity contribution in [1.29, 1.82) is 0 Å². The highest BCUT2D eigenvalue weighted by molar-refractivity contribution is 6.14. The molecule has 4 nitrogen and oxygen atoms in total. The number of aromatic nitrogens is 2. The normalized spacial score (nSPS) is 17.5. The Labute approximate surface area is 197 Å². The molecule has 0 fully saturated rings. The van der Waals surface area contributed by atoms with Crippen LogP contribution in [0, 0.1) is 0 Å². The standard InChI is InChI=1S/C30H19N3O/c34-27-21-12-4-5-14-23(21)30(28-22(27)13-8-18-31-28)24-15-6-7-16-25(24)33(20-10-2-1-3-11-20)26-17-9-19-32-29(26)30/h1-19H. The van der Waals surface area contributed by atoms with E-state index in [2.05, 4.69) is 53.4 Å². The maximum Gasteiger partial charge on any atom is 0.195 e. The van der Waals surface area contributed by atoms with Gasteiger partial charge < -0.3 is 4.90 Å². The highest BCUT2D eigenvalue weighted by Crippen LogP contribution is 2.58. The van der Waals surface area contributed by atoms with Crippen LogP contribution in [-0.2, 0) is 5.41 Å². The van der Waals surface area contributed by atoms with Gasteiger partial charge in [-0.05, 0) is 53.6 Å². The van der Waals surface area contributed by atoms with Gasteiger partial charge in [-0.2, -0.15) is 0 Å². The van der Waals surface area contributed by atoms with Crippen LogP contribution in [0.1, 0.15) is 38.4 Å². The van der Waals surface area contributed by atoms with E-state index in [1.54, 1.807) is 6.20 Å². The average molecular weight is 438 g/mol. The Kier molecular flexibility index (Phi) is 3.88. The Hall–Kier alpha value is -4.57. The molecule has 0 N–H and O–H groups in total. The lowest BCUT2D eigenvalue weighted by Gasteiger charge is -2.46. The first-order chi connectivity index (χ1) is 16.8. The minimum Gasteiger partial charge on any atom is -0.308 e. The minimum absolute atomic E-state index is 0.00442. The first-order valence-corrected chi connectivity index (χ1v) is 11.3. The van der Waals surface area contributed by atoms with Gasteiger partial charge in [-0.25, -0.2) is 0 Å². The fourth-order valence-corrected chi connectivity index (χ4v) is 5.64. The van der Waals surface area contributed by atoms with Crippen molar-refractivity contribution in [1.82, 2.24) is 9.97 Å². The van der Waals surface area contributed by atoms with Gasteiger partial charge in [0.15, 0.2) is 5.78 Å². The zero-order valence-electron chi connectivity index (χ0n) is 18.2. The molecule has 1 unspecified atom stereocenters. The first kappa shape index (κ1) is 18.9. The summed E-state index contributed by atoms with van der Waals surface area (Å²) in [6.45, 7) is 0. The Morgan fingerprint density at radius 2 is 1.18 bits per heavy atom. The van der Waals surface area contributed by atoms with Crippen LogP contribution in [0.15, 0.2) is 116 Å². The summed E-state index contributed by atoms with van der Waals surface area (Å²) in [7, 11) is 0. The zero-order chi connectivity index (χ0) is 22.7. The third-order valence-corrected chi connectivity index (χ3v) is 6.93. The van der Waals surface area contributed by atoms with E-state index in [0.29, 0.717) is 11.1 Å². The number of nitrogens with zero attached hydrogens (tertiary/aromatic N) is 3. The number of carbonyl (C=O) groups is 1. The predicted molar refractivity (Wildman–Crippen MR) is 132 cm³/mol. The maximum atomic E-state index is 13.6. The van der Waals surface area contributed by atoms with E-state index in [1.807, 2.05) is 60.8 Å². The summed E-state index contributed by atoms with van der Waals surface area (Å²) >= 11 is 0.